The van der Waals surface area contributed by atoms with Gasteiger partial charge in [-0.05, 0) is 37.6 Å². The number of morpholine rings is 1. The van der Waals surface area contributed by atoms with Gasteiger partial charge in [0.05, 0.1) is 12.2 Å². The monoisotopic (exact) mass is 389 g/mol. The Balaban J connectivity index is 2.18. The summed E-state index contributed by atoms with van der Waals surface area (Å²) in [5.74, 6) is 0.0890. The molecule has 1 amide bonds. The summed E-state index contributed by atoms with van der Waals surface area (Å²) in [5.41, 5.74) is 1.76. The van der Waals surface area contributed by atoms with E-state index in [1.807, 2.05) is 36.9 Å². The number of rotatable bonds is 2. The van der Waals surface area contributed by atoms with Crippen LogP contribution < -0.4 is 0 Å². The summed E-state index contributed by atoms with van der Waals surface area (Å²) in [7, 11) is 0. The molecule has 2 unspecified atom stereocenters. The highest BCUT2D eigenvalue weighted by Gasteiger charge is 2.28. The molecule has 19 heavy (non-hydrogen) atoms. The Morgan fingerprint density at radius 3 is 2.84 bits per heavy atom. The van der Waals surface area contributed by atoms with Crippen molar-refractivity contribution in [3.05, 3.63) is 33.8 Å². The van der Waals surface area contributed by atoms with Crippen LogP contribution in [0.4, 0.5) is 0 Å². The summed E-state index contributed by atoms with van der Waals surface area (Å²) in [6.07, 6.45) is 0.152. The molecule has 1 aliphatic heterocycles. The van der Waals surface area contributed by atoms with Gasteiger partial charge in [0.2, 0.25) is 0 Å². The minimum absolute atomic E-state index is 0.0726. The average molecular weight is 391 g/mol. The number of hydrogen-bond donors (Lipinski definition) is 0. The lowest BCUT2D eigenvalue weighted by molar-refractivity contribution is -0.0559. The Bertz CT molecular complexity index is 479. The van der Waals surface area contributed by atoms with Crippen molar-refractivity contribution in [1.82, 2.24) is 4.90 Å². The first-order chi connectivity index (χ1) is 9.01. The molecule has 0 N–H and O–H groups in total. The topological polar surface area (TPSA) is 29.5 Å². The number of carbonyl (C=O) groups is 1. The van der Waals surface area contributed by atoms with Crippen LogP contribution in [0.15, 0.2) is 22.7 Å². The molecular formula is C14H17Br2NO2. The molecule has 2 atom stereocenters. The molecule has 1 aliphatic rings. The summed E-state index contributed by atoms with van der Waals surface area (Å²) in [6, 6.07) is 5.76. The molecular weight excluding hydrogens is 374 g/mol. The van der Waals surface area contributed by atoms with E-state index >= 15 is 0 Å². The lowest BCUT2D eigenvalue weighted by Crippen LogP contribution is -2.49. The fourth-order valence-electron chi connectivity index (χ4n) is 2.33. The number of aryl methyl sites for hydroxylation is 1. The Morgan fingerprint density at radius 2 is 2.21 bits per heavy atom. The highest BCUT2D eigenvalue weighted by atomic mass is 79.9. The zero-order valence-electron chi connectivity index (χ0n) is 11.0. The second-order valence-electron chi connectivity index (χ2n) is 4.89. The van der Waals surface area contributed by atoms with Gasteiger partial charge in [-0.2, -0.15) is 0 Å². The molecule has 104 valence electrons. The van der Waals surface area contributed by atoms with Crippen LogP contribution in [0.25, 0.3) is 0 Å². The lowest BCUT2D eigenvalue weighted by Gasteiger charge is -2.36. The molecule has 0 radical (unpaired) electrons. The second kappa shape index (κ2) is 6.37. The number of halogens is 2. The number of ether oxygens (including phenoxy) is 1. The summed E-state index contributed by atoms with van der Waals surface area (Å²) in [5, 5.41) is 0.750. The molecule has 1 heterocycles. The number of benzene rings is 1. The molecule has 5 heteroatoms. The molecule has 0 spiro atoms. The Labute approximate surface area is 130 Å². The molecule has 0 saturated carbocycles. The predicted octanol–water partition coefficient (Wildman–Crippen LogP) is 3.38. The van der Waals surface area contributed by atoms with Crippen LogP contribution >= 0.6 is 31.9 Å². The fraction of sp³-hybridized carbons (Fsp3) is 0.500. The van der Waals surface area contributed by atoms with Gasteiger partial charge in [-0.3, -0.25) is 4.79 Å². The standard InChI is InChI=1S/C14H17Br2NO2/c1-9-5-11(16)3-4-13(9)14(18)17-7-10(2)19-12(6-15)8-17/h3-5,10,12H,6-8H2,1-2H3. The third kappa shape index (κ3) is 3.58. The number of hydrogen-bond acceptors (Lipinski definition) is 2. The predicted molar refractivity (Wildman–Crippen MR) is 82.9 cm³/mol. The van der Waals surface area contributed by atoms with E-state index < -0.39 is 0 Å². The maximum Gasteiger partial charge on any atom is 0.254 e. The number of carbonyl (C=O) groups excluding carboxylic acids is 1. The third-order valence-corrected chi connectivity index (χ3v) is 4.42. The highest BCUT2D eigenvalue weighted by Crippen LogP contribution is 2.20. The molecule has 1 aromatic carbocycles. The van der Waals surface area contributed by atoms with Gasteiger partial charge in [0.15, 0.2) is 0 Å². The van der Waals surface area contributed by atoms with Crippen LogP contribution in [0.5, 0.6) is 0 Å². The number of amides is 1. The molecule has 0 aliphatic carbocycles. The quantitative estimate of drug-likeness (QED) is 0.724. The summed E-state index contributed by atoms with van der Waals surface area (Å²) in [4.78, 5) is 14.5. The van der Waals surface area contributed by atoms with E-state index in [9.17, 15) is 4.79 Å². The Morgan fingerprint density at radius 1 is 1.47 bits per heavy atom. The van der Waals surface area contributed by atoms with E-state index in [1.54, 1.807) is 0 Å². The Kier molecular flexibility index (Phi) is 5.03. The van der Waals surface area contributed by atoms with Crippen molar-refractivity contribution in [2.75, 3.05) is 18.4 Å². The molecule has 0 bridgehead atoms. The largest absolute Gasteiger partial charge is 0.371 e. The highest BCUT2D eigenvalue weighted by molar-refractivity contribution is 9.10. The van der Waals surface area contributed by atoms with Crippen molar-refractivity contribution < 1.29 is 9.53 Å². The van der Waals surface area contributed by atoms with Crippen LogP contribution in [0.2, 0.25) is 0 Å². The van der Waals surface area contributed by atoms with Gasteiger partial charge in [0.1, 0.15) is 0 Å². The number of nitrogens with zero attached hydrogens (tertiary/aromatic N) is 1. The lowest BCUT2D eigenvalue weighted by atomic mass is 10.1. The SMILES string of the molecule is Cc1cc(Br)ccc1C(=O)N1CC(C)OC(CBr)C1. The maximum atomic E-state index is 12.6. The molecule has 0 aromatic heterocycles. The smallest absolute Gasteiger partial charge is 0.254 e. The van der Waals surface area contributed by atoms with Gasteiger partial charge in [-0.1, -0.05) is 31.9 Å². The summed E-state index contributed by atoms with van der Waals surface area (Å²) in [6.45, 7) is 5.26. The van der Waals surface area contributed by atoms with Crippen LogP contribution in [0.1, 0.15) is 22.8 Å². The van der Waals surface area contributed by atoms with Crippen LogP contribution in [0.3, 0.4) is 0 Å². The maximum absolute atomic E-state index is 12.6. The molecule has 1 fully saturated rings. The van der Waals surface area contributed by atoms with E-state index in [2.05, 4.69) is 31.9 Å². The third-order valence-electron chi connectivity index (χ3n) is 3.20. The zero-order chi connectivity index (χ0) is 14.0. The van der Waals surface area contributed by atoms with Crippen molar-refractivity contribution in [2.24, 2.45) is 0 Å². The summed E-state index contributed by atoms with van der Waals surface area (Å²) >= 11 is 6.85. The van der Waals surface area contributed by atoms with E-state index in [4.69, 9.17) is 4.74 Å². The van der Waals surface area contributed by atoms with Crippen LogP contribution in [0, 0.1) is 6.92 Å². The minimum atomic E-state index is 0.0726. The van der Waals surface area contributed by atoms with Gasteiger partial charge in [-0.25, -0.2) is 0 Å². The van der Waals surface area contributed by atoms with Gasteiger partial charge < -0.3 is 9.64 Å². The average Bonchev–Trinajstić information content (AvgIpc) is 2.37. The van der Waals surface area contributed by atoms with E-state index in [1.165, 1.54) is 0 Å². The molecule has 2 rings (SSSR count). The van der Waals surface area contributed by atoms with E-state index in [-0.39, 0.29) is 18.1 Å². The normalized spacial score (nSPS) is 23.5. The van der Waals surface area contributed by atoms with Crippen molar-refractivity contribution in [3.63, 3.8) is 0 Å². The Hall–Kier alpha value is -0.390. The second-order valence-corrected chi connectivity index (χ2v) is 6.46. The minimum Gasteiger partial charge on any atom is -0.371 e. The van der Waals surface area contributed by atoms with Crippen LogP contribution in [-0.2, 0) is 4.74 Å². The van der Waals surface area contributed by atoms with Crippen LogP contribution in [-0.4, -0.2) is 41.4 Å². The van der Waals surface area contributed by atoms with Crippen molar-refractivity contribution in [2.45, 2.75) is 26.1 Å². The fourth-order valence-corrected chi connectivity index (χ4v) is 3.17. The number of alkyl halides is 1. The first kappa shape index (κ1) is 15.0. The van der Waals surface area contributed by atoms with Gasteiger partial charge in [-0.15, -0.1) is 0 Å². The van der Waals surface area contributed by atoms with Gasteiger partial charge in [0.25, 0.3) is 5.91 Å². The van der Waals surface area contributed by atoms with Crippen molar-refractivity contribution in [3.8, 4) is 0 Å². The van der Waals surface area contributed by atoms with Crippen molar-refractivity contribution >= 4 is 37.8 Å². The van der Waals surface area contributed by atoms with Gasteiger partial charge >= 0.3 is 0 Å². The summed E-state index contributed by atoms with van der Waals surface area (Å²) < 4.78 is 6.75. The first-order valence-electron chi connectivity index (χ1n) is 6.28. The first-order valence-corrected chi connectivity index (χ1v) is 8.19. The van der Waals surface area contributed by atoms with Crippen molar-refractivity contribution in [1.29, 1.82) is 0 Å². The molecule has 3 nitrogen and oxygen atoms in total. The van der Waals surface area contributed by atoms with E-state index in [0.717, 1.165) is 20.9 Å². The molecule has 1 aromatic rings. The zero-order valence-corrected chi connectivity index (χ0v) is 14.2. The van der Waals surface area contributed by atoms with E-state index in [0.29, 0.717) is 13.1 Å². The van der Waals surface area contributed by atoms with Gasteiger partial charge in [0, 0.05) is 28.5 Å². The molecule has 1 saturated heterocycles.